The number of carboxylic acid groups (broad SMARTS) is 1. The molecule has 31 heavy (non-hydrogen) atoms. The van der Waals surface area contributed by atoms with Crippen LogP contribution in [0.4, 0.5) is 0 Å². The van der Waals surface area contributed by atoms with Gasteiger partial charge in [-0.25, -0.2) is 0 Å². The van der Waals surface area contributed by atoms with Gasteiger partial charge in [0.05, 0.1) is 107 Å². The van der Waals surface area contributed by atoms with E-state index in [-0.39, 0.29) is 0 Å². The van der Waals surface area contributed by atoms with Crippen molar-refractivity contribution < 1.29 is 37.7 Å². The van der Waals surface area contributed by atoms with Crippen LogP contribution in [0.15, 0.2) is 0 Å². The summed E-state index contributed by atoms with van der Waals surface area (Å²) in [6.45, 7) is 2.50. The third-order valence-electron chi connectivity index (χ3n) is 2.84. The number of quaternary nitrogens is 3. The van der Waals surface area contributed by atoms with E-state index in [2.05, 4.69) is 63.4 Å². The Morgan fingerprint density at radius 2 is 1.00 bits per heavy atom. The lowest BCUT2D eigenvalue weighted by Gasteiger charge is -2.29. The zero-order valence-electron chi connectivity index (χ0n) is 20.6. The Bertz CT molecular complexity index is 438. The third-order valence-corrected chi connectivity index (χ3v) is 3.96. The van der Waals surface area contributed by atoms with Crippen molar-refractivity contribution in [2.75, 3.05) is 114 Å². The van der Waals surface area contributed by atoms with Crippen LogP contribution in [0, 0.1) is 0 Å². The van der Waals surface area contributed by atoms with E-state index in [0.717, 1.165) is 50.7 Å². The maximum atomic E-state index is 9.81. The maximum absolute atomic E-state index is 9.81. The summed E-state index contributed by atoms with van der Waals surface area (Å²) in [5, 5.41) is 11.5. The summed E-state index contributed by atoms with van der Waals surface area (Å²) in [6, 6.07) is 0. The summed E-state index contributed by atoms with van der Waals surface area (Å²) in [7, 11) is 14.5. The Labute approximate surface area is 204 Å². The summed E-state index contributed by atoms with van der Waals surface area (Å²) in [4.78, 5) is 29.2. The van der Waals surface area contributed by atoms with Gasteiger partial charge in [-0.2, -0.15) is 0 Å². The summed E-state index contributed by atoms with van der Waals surface area (Å²) >= 11 is 16.4. The Balaban J connectivity index is -0.000000159. The third kappa shape index (κ3) is 65.1. The fraction of sp³-hybridized carbons (Fsp3) is 0.944. The monoisotopic (exact) mass is 532 g/mol. The summed E-state index contributed by atoms with van der Waals surface area (Å²) in [6.07, 6.45) is -0.860. The van der Waals surface area contributed by atoms with Crippen molar-refractivity contribution in [3.8, 4) is 0 Å². The second-order valence-corrected chi connectivity index (χ2v) is 12.3. The van der Waals surface area contributed by atoms with Crippen molar-refractivity contribution in [1.29, 1.82) is 0 Å². The zero-order chi connectivity index (χ0) is 25.9. The molecule has 0 rings (SSSR count). The molecule has 9 nitrogen and oxygen atoms in total. The molecule has 0 aliphatic carbocycles. The molecule has 0 radical (unpaired) electrons. The fourth-order valence-electron chi connectivity index (χ4n) is 1.06. The van der Waals surface area contributed by atoms with Gasteiger partial charge in [0.25, 0.3) is 0 Å². The number of hydrogen-bond donors (Lipinski definition) is 1. The number of aliphatic carboxylic acids is 1. The van der Waals surface area contributed by atoms with Crippen molar-refractivity contribution >= 4 is 48.4 Å². The number of halogens is 3. The number of nitrogens with one attached hydrogen (secondary N) is 1. The summed E-state index contributed by atoms with van der Waals surface area (Å²) in [5.74, 6) is 0.810. The number of carbonyl (C=O) groups is 1. The average Bonchev–Trinajstić information content (AvgIpc) is 2.43. The molecule has 0 saturated carbocycles. The first-order chi connectivity index (χ1) is 13.6. The SMILES string of the molecule is C[N+](C)(C)CCCl.C[N+](C)(C)CCCl.C[N+](C)(C)CCCl.O=C([O-])CNCP(=O)([O-])[O-]. The molecule has 0 fully saturated rings. The summed E-state index contributed by atoms with van der Waals surface area (Å²) in [5.41, 5.74) is 0. The molecule has 0 aliphatic rings. The first-order valence-electron chi connectivity index (χ1n) is 9.61. The van der Waals surface area contributed by atoms with Crippen LogP contribution < -0.4 is 20.2 Å². The van der Waals surface area contributed by atoms with Crippen LogP contribution in [0.1, 0.15) is 0 Å². The lowest BCUT2D eigenvalue weighted by molar-refractivity contribution is -0.867. The smallest absolute Gasteiger partial charge is 0.0918 e. The molecule has 0 aliphatic heterocycles. The van der Waals surface area contributed by atoms with Crippen LogP contribution in [0.3, 0.4) is 0 Å². The van der Waals surface area contributed by atoms with Crippen LogP contribution in [0.25, 0.3) is 0 Å². The van der Waals surface area contributed by atoms with Gasteiger partial charge in [-0.3, -0.25) is 0 Å². The number of carboxylic acids is 1. The molecule has 0 unspecified atom stereocenters. The van der Waals surface area contributed by atoms with Crippen molar-refractivity contribution in [2.45, 2.75) is 0 Å². The van der Waals surface area contributed by atoms with Gasteiger partial charge in [0.1, 0.15) is 0 Å². The van der Waals surface area contributed by atoms with Gasteiger partial charge in [0.2, 0.25) is 0 Å². The van der Waals surface area contributed by atoms with Crippen LogP contribution in [0.2, 0.25) is 0 Å². The normalized spacial score (nSPS) is 11.8. The lowest BCUT2D eigenvalue weighted by atomic mass is 10.6. The lowest BCUT2D eigenvalue weighted by Crippen LogP contribution is -2.37. The largest absolute Gasteiger partial charge is 0.810 e. The zero-order valence-corrected chi connectivity index (χ0v) is 23.8. The van der Waals surface area contributed by atoms with Gasteiger partial charge in [0.15, 0.2) is 0 Å². The minimum absolute atomic E-state index is 0.630. The number of rotatable bonds is 10. The highest BCUT2D eigenvalue weighted by Crippen LogP contribution is 2.18. The molecule has 13 heteroatoms. The molecule has 0 bridgehead atoms. The van der Waals surface area contributed by atoms with E-state index in [0.29, 0.717) is 0 Å². The van der Waals surface area contributed by atoms with E-state index >= 15 is 0 Å². The number of alkyl halides is 3. The Morgan fingerprint density at radius 1 is 0.742 bits per heavy atom. The highest BCUT2D eigenvalue weighted by atomic mass is 35.5. The van der Waals surface area contributed by atoms with Gasteiger partial charge in [-0.15, -0.1) is 34.8 Å². The van der Waals surface area contributed by atoms with E-state index in [9.17, 15) is 24.3 Å². The highest BCUT2D eigenvalue weighted by molar-refractivity contribution is 7.48. The number of hydrogen-bond acceptors (Lipinski definition) is 6. The van der Waals surface area contributed by atoms with Crippen molar-refractivity contribution in [3.63, 3.8) is 0 Å². The molecule has 0 saturated heterocycles. The molecule has 0 spiro atoms. The van der Waals surface area contributed by atoms with Gasteiger partial charge < -0.3 is 43.0 Å². The van der Waals surface area contributed by atoms with Crippen LogP contribution in [-0.4, -0.2) is 133 Å². The van der Waals surface area contributed by atoms with E-state index in [1.165, 1.54) is 0 Å². The predicted octanol–water partition coefficient (Wildman–Crippen LogP) is -1.01. The van der Waals surface area contributed by atoms with E-state index in [1.54, 1.807) is 0 Å². The van der Waals surface area contributed by atoms with E-state index < -0.39 is 26.4 Å². The van der Waals surface area contributed by atoms with Crippen molar-refractivity contribution in [1.82, 2.24) is 5.32 Å². The predicted molar refractivity (Wildman–Crippen MR) is 126 cm³/mol. The van der Waals surface area contributed by atoms with Gasteiger partial charge in [0, 0.05) is 12.8 Å². The molecule has 0 aromatic carbocycles. The molecular weight excluding hydrogens is 490 g/mol. The first kappa shape index (κ1) is 38.6. The minimum Gasteiger partial charge on any atom is -0.810 e. The summed E-state index contributed by atoms with van der Waals surface area (Å²) < 4.78 is 12.7. The van der Waals surface area contributed by atoms with E-state index in [4.69, 9.17) is 34.8 Å². The highest BCUT2D eigenvalue weighted by Gasteiger charge is 2.03. The van der Waals surface area contributed by atoms with Gasteiger partial charge in [-0.05, 0) is 0 Å². The van der Waals surface area contributed by atoms with Crippen molar-refractivity contribution in [3.05, 3.63) is 0 Å². The Kier molecular flexibility index (Phi) is 24.6. The molecule has 0 heterocycles. The van der Waals surface area contributed by atoms with Gasteiger partial charge >= 0.3 is 0 Å². The molecule has 192 valence electrons. The second kappa shape index (κ2) is 19.8. The Morgan fingerprint density at radius 3 is 1.10 bits per heavy atom. The second-order valence-electron chi connectivity index (χ2n) is 9.68. The molecular formula is C18H44Cl3N4O5P. The quantitative estimate of drug-likeness (QED) is 0.219. The molecule has 0 aromatic rings. The molecule has 1 N–H and O–H groups in total. The topological polar surface area (TPSA) is 115 Å². The number of carbonyl (C=O) groups excluding carboxylic acids is 1. The molecule has 0 atom stereocenters. The first-order valence-corrected chi connectivity index (χ1v) is 12.9. The van der Waals surface area contributed by atoms with Crippen molar-refractivity contribution in [2.24, 2.45) is 0 Å². The maximum Gasteiger partial charge on any atom is 0.0918 e. The Hall–Kier alpha value is 0.330. The van der Waals surface area contributed by atoms with E-state index in [1.807, 2.05) is 5.32 Å². The number of nitrogens with zero attached hydrogens (tertiary/aromatic N) is 3. The standard InChI is InChI=1S/3C5H13ClN.C3H8NO5P/c3*1-7(2,3)5-4-6;5-3(6)1-4-2-10(7,8)9/h3*4-5H2,1-3H3;4H,1-2H2,(H,5,6)(H2,7,8,9)/q3*+1;/p-3. The van der Waals surface area contributed by atoms with Crippen LogP contribution in [-0.2, 0) is 9.36 Å². The molecule has 0 amide bonds. The van der Waals surface area contributed by atoms with Gasteiger partial charge in [-0.1, -0.05) is 7.60 Å². The fourth-order valence-corrected chi connectivity index (χ4v) is 2.96. The molecule has 0 aromatic heterocycles. The average molecular weight is 534 g/mol. The van der Waals surface area contributed by atoms with Crippen LogP contribution in [0.5, 0.6) is 0 Å². The van der Waals surface area contributed by atoms with Crippen LogP contribution >= 0.6 is 42.4 Å². The minimum atomic E-state index is -4.62.